The van der Waals surface area contributed by atoms with Gasteiger partial charge in [-0.3, -0.25) is 4.90 Å². The van der Waals surface area contributed by atoms with Crippen LogP contribution >= 0.6 is 0 Å². The summed E-state index contributed by atoms with van der Waals surface area (Å²) in [7, 11) is -3.45. The van der Waals surface area contributed by atoms with Gasteiger partial charge in [-0.2, -0.15) is 4.31 Å². The Balaban J connectivity index is 1.85. The SMILES string of the molecule is CC(C)C1CCCN1Cc1ccccc1S(=O)(=O)N1CCOCC1. The minimum atomic E-state index is -3.45. The summed E-state index contributed by atoms with van der Waals surface area (Å²) in [4.78, 5) is 2.90. The number of sulfonamides is 1. The minimum absolute atomic E-state index is 0.439. The molecule has 2 saturated heterocycles. The normalized spacial score (nSPS) is 23.9. The summed E-state index contributed by atoms with van der Waals surface area (Å²) in [5, 5.41) is 0. The van der Waals surface area contributed by atoms with Crippen LogP contribution in [-0.2, 0) is 21.3 Å². The molecule has 2 aliphatic rings. The van der Waals surface area contributed by atoms with Crippen LogP contribution in [0, 0.1) is 5.92 Å². The largest absolute Gasteiger partial charge is 0.379 e. The van der Waals surface area contributed by atoms with Crippen LogP contribution in [-0.4, -0.2) is 56.5 Å². The lowest BCUT2D eigenvalue weighted by atomic mass is 10.0. The maximum Gasteiger partial charge on any atom is 0.243 e. The van der Waals surface area contributed by atoms with Gasteiger partial charge in [0.2, 0.25) is 10.0 Å². The smallest absolute Gasteiger partial charge is 0.243 e. The molecule has 1 unspecified atom stereocenters. The molecule has 3 rings (SSSR count). The van der Waals surface area contributed by atoms with Gasteiger partial charge in [-0.05, 0) is 36.9 Å². The van der Waals surface area contributed by atoms with Crippen molar-refractivity contribution >= 4 is 10.0 Å². The summed E-state index contributed by atoms with van der Waals surface area (Å²) in [6, 6.07) is 8.02. The third-order valence-electron chi connectivity index (χ3n) is 5.12. The van der Waals surface area contributed by atoms with Gasteiger partial charge in [0.05, 0.1) is 18.1 Å². The summed E-state index contributed by atoms with van der Waals surface area (Å²) in [6.07, 6.45) is 2.40. The van der Waals surface area contributed by atoms with E-state index in [9.17, 15) is 8.42 Å². The van der Waals surface area contributed by atoms with E-state index in [1.54, 1.807) is 10.4 Å². The number of nitrogens with zero attached hydrogens (tertiary/aromatic N) is 2. The first-order valence-corrected chi connectivity index (χ1v) is 10.3. The van der Waals surface area contributed by atoms with Crippen molar-refractivity contribution in [3.05, 3.63) is 29.8 Å². The van der Waals surface area contributed by atoms with E-state index >= 15 is 0 Å². The molecule has 0 radical (unpaired) electrons. The van der Waals surface area contributed by atoms with E-state index in [2.05, 4.69) is 18.7 Å². The van der Waals surface area contributed by atoms with E-state index in [1.807, 2.05) is 18.2 Å². The van der Waals surface area contributed by atoms with Gasteiger partial charge in [0.1, 0.15) is 0 Å². The van der Waals surface area contributed by atoms with Crippen molar-refractivity contribution in [3.63, 3.8) is 0 Å². The van der Waals surface area contributed by atoms with Crippen LogP contribution < -0.4 is 0 Å². The second kappa shape index (κ2) is 7.52. The molecule has 0 saturated carbocycles. The van der Waals surface area contributed by atoms with E-state index in [0.29, 0.717) is 49.7 Å². The second-order valence-electron chi connectivity index (χ2n) is 7.05. The standard InChI is InChI=1S/C18H28N2O3S/c1-15(2)17-7-5-9-19(17)14-16-6-3-4-8-18(16)24(21,22)20-10-12-23-13-11-20/h3-4,6,8,15,17H,5,7,9-14H2,1-2H3. The Kier molecular flexibility index (Phi) is 5.59. The third kappa shape index (κ3) is 3.67. The first kappa shape index (κ1) is 17.9. The van der Waals surface area contributed by atoms with E-state index in [4.69, 9.17) is 4.74 Å². The molecule has 0 aliphatic carbocycles. The Morgan fingerprint density at radius 3 is 2.58 bits per heavy atom. The summed E-state index contributed by atoms with van der Waals surface area (Å²) in [5.41, 5.74) is 0.913. The van der Waals surface area contributed by atoms with Gasteiger partial charge < -0.3 is 4.74 Å². The fraction of sp³-hybridized carbons (Fsp3) is 0.667. The molecule has 0 aromatic heterocycles. The topological polar surface area (TPSA) is 49.9 Å². The van der Waals surface area contributed by atoms with Crippen LogP contribution in [0.2, 0.25) is 0 Å². The van der Waals surface area contributed by atoms with Gasteiger partial charge in [-0.1, -0.05) is 32.0 Å². The van der Waals surface area contributed by atoms with E-state index in [1.165, 1.54) is 12.8 Å². The number of morpholine rings is 1. The molecule has 0 N–H and O–H groups in total. The zero-order valence-corrected chi connectivity index (χ0v) is 15.5. The average Bonchev–Trinajstić information content (AvgIpc) is 3.04. The molecule has 1 aromatic carbocycles. The lowest BCUT2D eigenvalue weighted by Gasteiger charge is -2.30. The number of hydrogen-bond donors (Lipinski definition) is 0. The summed E-state index contributed by atoms with van der Waals surface area (Å²) in [6.45, 7) is 8.09. The summed E-state index contributed by atoms with van der Waals surface area (Å²) < 4.78 is 32.9. The number of ether oxygens (including phenoxy) is 1. The lowest BCUT2D eigenvalue weighted by molar-refractivity contribution is 0.0730. The molecule has 5 nitrogen and oxygen atoms in total. The van der Waals surface area contributed by atoms with Crippen molar-refractivity contribution in [2.75, 3.05) is 32.8 Å². The molecule has 1 aromatic rings. The van der Waals surface area contributed by atoms with Crippen molar-refractivity contribution in [1.29, 1.82) is 0 Å². The monoisotopic (exact) mass is 352 g/mol. The molecule has 2 fully saturated rings. The molecule has 0 spiro atoms. The first-order valence-electron chi connectivity index (χ1n) is 8.90. The van der Waals surface area contributed by atoms with E-state index < -0.39 is 10.0 Å². The Bertz CT molecular complexity index is 654. The Morgan fingerprint density at radius 2 is 1.88 bits per heavy atom. The van der Waals surface area contributed by atoms with Crippen LogP contribution in [0.5, 0.6) is 0 Å². The molecular weight excluding hydrogens is 324 g/mol. The quantitative estimate of drug-likeness (QED) is 0.816. The fourth-order valence-electron chi connectivity index (χ4n) is 3.83. The maximum atomic E-state index is 13.0. The lowest BCUT2D eigenvalue weighted by Crippen LogP contribution is -2.41. The van der Waals surface area contributed by atoms with Gasteiger partial charge in [0.25, 0.3) is 0 Å². The van der Waals surface area contributed by atoms with Crippen molar-refractivity contribution < 1.29 is 13.2 Å². The molecule has 1 atom stereocenters. The van der Waals surface area contributed by atoms with E-state index in [0.717, 1.165) is 12.1 Å². The molecule has 0 bridgehead atoms. The van der Waals surface area contributed by atoms with Gasteiger partial charge >= 0.3 is 0 Å². The van der Waals surface area contributed by atoms with Crippen molar-refractivity contribution in [1.82, 2.24) is 9.21 Å². The summed E-state index contributed by atoms with van der Waals surface area (Å²) in [5.74, 6) is 0.593. The molecule has 134 valence electrons. The van der Waals surface area contributed by atoms with Gasteiger partial charge in [-0.15, -0.1) is 0 Å². The highest BCUT2D eigenvalue weighted by Crippen LogP contribution is 2.28. The molecule has 2 aliphatic heterocycles. The third-order valence-corrected chi connectivity index (χ3v) is 7.12. The zero-order chi connectivity index (χ0) is 17.2. The van der Waals surface area contributed by atoms with Crippen LogP contribution in [0.25, 0.3) is 0 Å². The maximum absolute atomic E-state index is 13.0. The second-order valence-corrected chi connectivity index (χ2v) is 8.95. The molecule has 24 heavy (non-hydrogen) atoms. The van der Waals surface area contributed by atoms with Crippen LogP contribution in [0.15, 0.2) is 29.2 Å². The van der Waals surface area contributed by atoms with E-state index in [-0.39, 0.29) is 0 Å². The average molecular weight is 353 g/mol. The van der Waals surface area contributed by atoms with Crippen LogP contribution in [0.4, 0.5) is 0 Å². The Hall–Kier alpha value is -0.950. The van der Waals surface area contributed by atoms with Crippen molar-refractivity contribution in [3.8, 4) is 0 Å². The Morgan fingerprint density at radius 1 is 1.17 bits per heavy atom. The molecule has 6 heteroatoms. The predicted molar refractivity (Wildman–Crippen MR) is 94.3 cm³/mol. The first-order chi connectivity index (χ1) is 11.5. The van der Waals surface area contributed by atoms with Gasteiger partial charge in [0, 0.05) is 25.7 Å². The highest BCUT2D eigenvalue weighted by molar-refractivity contribution is 7.89. The highest BCUT2D eigenvalue weighted by atomic mass is 32.2. The highest BCUT2D eigenvalue weighted by Gasteiger charge is 2.31. The predicted octanol–water partition coefficient (Wildman–Crippen LogP) is 2.33. The van der Waals surface area contributed by atoms with Crippen molar-refractivity contribution in [2.24, 2.45) is 5.92 Å². The zero-order valence-electron chi connectivity index (χ0n) is 14.6. The molecule has 0 amide bonds. The van der Waals surface area contributed by atoms with Gasteiger partial charge in [-0.25, -0.2) is 8.42 Å². The number of likely N-dealkylation sites (tertiary alicyclic amines) is 1. The van der Waals surface area contributed by atoms with Crippen LogP contribution in [0.3, 0.4) is 0 Å². The molecular formula is C18H28N2O3S. The Labute approximate surface area is 145 Å². The minimum Gasteiger partial charge on any atom is -0.379 e. The number of benzene rings is 1. The summed E-state index contributed by atoms with van der Waals surface area (Å²) >= 11 is 0. The molecule has 2 heterocycles. The van der Waals surface area contributed by atoms with Gasteiger partial charge in [0.15, 0.2) is 0 Å². The van der Waals surface area contributed by atoms with Crippen LogP contribution in [0.1, 0.15) is 32.3 Å². The van der Waals surface area contributed by atoms with Crippen molar-refractivity contribution in [2.45, 2.75) is 44.2 Å². The fourth-order valence-corrected chi connectivity index (χ4v) is 5.46. The number of hydrogen-bond acceptors (Lipinski definition) is 4. The number of rotatable bonds is 5.